The number of nitrogens with one attached hydrogen (secondary N) is 2. The van der Waals surface area contributed by atoms with Crippen LogP contribution < -0.4 is 21.3 Å². The normalized spacial score (nSPS) is 16.7. The zero-order chi connectivity index (χ0) is 28.7. The fourth-order valence-electron chi connectivity index (χ4n) is 4.61. The number of likely N-dealkylation sites (tertiary alicyclic amines) is 1. The Balaban J connectivity index is 1.87. The van der Waals surface area contributed by atoms with Crippen LogP contribution in [0.15, 0.2) is 43.2 Å². The van der Waals surface area contributed by atoms with Gasteiger partial charge in [-0.25, -0.2) is 13.2 Å². The number of rotatable bonds is 8. The summed E-state index contributed by atoms with van der Waals surface area (Å²) in [7, 11) is -1.94. The minimum atomic E-state index is -5.04. The predicted molar refractivity (Wildman–Crippen MR) is 144 cm³/mol. The Hall–Kier alpha value is -2.39. The van der Waals surface area contributed by atoms with Crippen LogP contribution in [0.25, 0.3) is 10.9 Å². The Labute approximate surface area is 235 Å². The molecule has 0 bridgehead atoms. The minimum absolute atomic E-state index is 0.00244. The van der Waals surface area contributed by atoms with Gasteiger partial charge in [0.25, 0.3) is 5.56 Å². The molecule has 0 saturated carbocycles. The lowest BCUT2D eigenvalue weighted by atomic mass is 10.1. The third kappa shape index (κ3) is 6.35. The molecule has 2 N–H and O–H groups in total. The minimum Gasteiger partial charge on any atom is -0.405 e. The summed E-state index contributed by atoms with van der Waals surface area (Å²) in [4.78, 5) is 30.9. The topological polar surface area (TPSA) is 114 Å². The number of fused-ring (bicyclic) bond motifs is 1. The number of nitrogens with zero attached hydrogens (tertiary/aromatic N) is 2. The van der Waals surface area contributed by atoms with E-state index >= 15 is 0 Å². The van der Waals surface area contributed by atoms with E-state index in [1.165, 1.54) is 25.1 Å². The number of benzene rings is 2. The van der Waals surface area contributed by atoms with Crippen molar-refractivity contribution in [1.82, 2.24) is 19.8 Å². The largest absolute Gasteiger partial charge is 0.573 e. The quantitative estimate of drug-likeness (QED) is 0.382. The van der Waals surface area contributed by atoms with Crippen molar-refractivity contribution in [2.45, 2.75) is 43.7 Å². The Morgan fingerprint density at radius 1 is 1.23 bits per heavy atom. The van der Waals surface area contributed by atoms with E-state index < -0.39 is 39.7 Å². The number of sulfone groups is 1. The molecule has 1 aliphatic heterocycles. The van der Waals surface area contributed by atoms with Crippen LogP contribution in [0.2, 0.25) is 5.02 Å². The number of likely N-dealkylation sites (N-methyl/N-ethyl adjacent to an activating group) is 1. The van der Waals surface area contributed by atoms with Crippen molar-refractivity contribution in [3.63, 3.8) is 0 Å². The van der Waals surface area contributed by atoms with E-state index in [0.29, 0.717) is 17.7 Å². The Kier molecular flexibility index (Phi) is 8.53. The van der Waals surface area contributed by atoms with E-state index in [9.17, 15) is 31.2 Å². The van der Waals surface area contributed by atoms with Crippen LogP contribution in [-0.2, 0) is 22.9 Å². The smallest absolute Gasteiger partial charge is 0.405 e. The number of hydrogen-bond acceptors (Lipinski definition) is 7. The SMILES string of the molecule is CCS(=O)(=O)c1ccc(Cl)cc1Cn1c(=O)[nH]c2c(Br)c(CN3CC[C@@H](NC)C3)c(OC(F)(F)F)cc2c1=O. The number of halogens is 5. The standard InChI is InChI=1S/C24H25BrClF3N4O5S/c1-3-39(36,37)19-5-4-14(26)8-13(19)10-33-22(34)16-9-18(38-24(27,28)29)17(20(25)21(16)31-23(33)35)12-32-7-6-15(11-32)30-2/h4-5,8-9,15,30H,3,6-7,10-12H2,1-2H3,(H,31,35)/t15-/m1/s1. The monoisotopic (exact) mass is 652 g/mol. The lowest BCUT2D eigenvalue weighted by Crippen LogP contribution is -2.36. The van der Waals surface area contributed by atoms with E-state index in [1.807, 2.05) is 4.90 Å². The molecule has 2 aromatic carbocycles. The van der Waals surface area contributed by atoms with Crippen LogP contribution in [0.4, 0.5) is 13.2 Å². The first-order chi connectivity index (χ1) is 18.2. The van der Waals surface area contributed by atoms with Crippen molar-refractivity contribution in [2.75, 3.05) is 25.9 Å². The van der Waals surface area contributed by atoms with Crippen molar-refractivity contribution >= 4 is 48.3 Å². The molecule has 4 rings (SSSR count). The molecule has 0 aliphatic carbocycles. The lowest BCUT2D eigenvalue weighted by molar-refractivity contribution is -0.275. The van der Waals surface area contributed by atoms with Gasteiger partial charge in [0.05, 0.1) is 32.6 Å². The molecule has 1 saturated heterocycles. The van der Waals surface area contributed by atoms with Gasteiger partial charge in [-0.1, -0.05) is 18.5 Å². The van der Waals surface area contributed by atoms with Gasteiger partial charge in [0.1, 0.15) is 5.75 Å². The highest BCUT2D eigenvalue weighted by Gasteiger charge is 2.34. The second kappa shape index (κ2) is 11.2. The summed E-state index contributed by atoms with van der Waals surface area (Å²) in [5, 5.41) is 3.07. The second-order valence-corrected chi connectivity index (χ2v) is 12.6. The van der Waals surface area contributed by atoms with E-state index in [-0.39, 0.29) is 54.8 Å². The summed E-state index contributed by atoms with van der Waals surface area (Å²) in [6.07, 6.45) is -4.23. The molecule has 2 heterocycles. The van der Waals surface area contributed by atoms with Gasteiger partial charge in [-0.2, -0.15) is 0 Å². The van der Waals surface area contributed by atoms with Crippen LogP contribution in [0.3, 0.4) is 0 Å². The van der Waals surface area contributed by atoms with Crippen molar-refractivity contribution in [2.24, 2.45) is 0 Å². The Morgan fingerprint density at radius 3 is 2.56 bits per heavy atom. The third-order valence-corrected chi connectivity index (χ3v) is 9.57. The van der Waals surface area contributed by atoms with Gasteiger partial charge in [-0.15, -0.1) is 13.2 Å². The van der Waals surface area contributed by atoms with Crippen molar-refractivity contribution in [1.29, 1.82) is 0 Å². The number of aromatic amines is 1. The second-order valence-electron chi connectivity index (χ2n) is 9.12. The molecule has 1 fully saturated rings. The van der Waals surface area contributed by atoms with Crippen LogP contribution >= 0.6 is 27.5 Å². The van der Waals surface area contributed by atoms with Gasteiger partial charge in [0, 0.05) is 36.3 Å². The summed E-state index contributed by atoms with van der Waals surface area (Å²) in [5.41, 5.74) is -1.59. The van der Waals surface area contributed by atoms with Crippen molar-refractivity contribution < 1.29 is 26.3 Å². The molecule has 1 aliphatic rings. The lowest BCUT2D eigenvalue weighted by Gasteiger charge is -2.21. The first kappa shape index (κ1) is 29.6. The van der Waals surface area contributed by atoms with E-state index in [4.69, 9.17) is 11.6 Å². The molecule has 9 nitrogen and oxygen atoms in total. The molecule has 0 unspecified atom stereocenters. The zero-order valence-electron chi connectivity index (χ0n) is 20.9. The summed E-state index contributed by atoms with van der Waals surface area (Å²) in [5.74, 6) is -0.813. The van der Waals surface area contributed by atoms with Crippen molar-refractivity contribution in [3.8, 4) is 5.75 Å². The molecular weight excluding hydrogens is 629 g/mol. The summed E-state index contributed by atoms with van der Waals surface area (Å²) in [6, 6.07) is 5.11. The maximum Gasteiger partial charge on any atom is 0.573 e. The highest BCUT2D eigenvalue weighted by atomic mass is 79.9. The first-order valence-corrected chi connectivity index (χ1v) is 14.7. The van der Waals surface area contributed by atoms with E-state index in [1.54, 1.807) is 7.05 Å². The van der Waals surface area contributed by atoms with Gasteiger partial charge in [0.15, 0.2) is 9.84 Å². The molecular formula is C24H25BrClF3N4O5S. The predicted octanol–water partition coefficient (Wildman–Crippen LogP) is 3.64. The van der Waals surface area contributed by atoms with Crippen LogP contribution in [0, 0.1) is 0 Å². The Bertz CT molecular complexity index is 1640. The van der Waals surface area contributed by atoms with Crippen LogP contribution in [-0.4, -0.2) is 61.2 Å². The number of hydrogen-bond donors (Lipinski definition) is 2. The summed E-state index contributed by atoms with van der Waals surface area (Å²) in [6.45, 7) is 2.26. The van der Waals surface area contributed by atoms with Crippen LogP contribution in [0.5, 0.6) is 5.75 Å². The van der Waals surface area contributed by atoms with Gasteiger partial charge in [-0.3, -0.25) is 14.3 Å². The molecule has 212 valence electrons. The fraction of sp³-hybridized carbons (Fsp3) is 0.417. The molecule has 0 radical (unpaired) electrons. The Morgan fingerprint density at radius 2 is 1.95 bits per heavy atom. The third-order valence-electron chi connectivity index (χ3n) is 6.63. The van der Waals surface area contributed by atoms with E-state index in [0.717, 1.165) is 12.5 Å². The number of H-pyrrole nitrogens is 1. The zero-order valence-corrected chi connectivity index (χ0v) is 24.0. The van der Waals surface area contributed by atoms with Gasteiger partial charge in [-0.05, 0) is 59.2 Å². The van der Waals surface area contributed by atoms with Crippen molar-refractivity contribution in [3.05, 3.63) is 65.7 Å². The average molecular weight is 654 g/mol. The highest BCUT2D eigenvalue weighted by Crippen LogP contribution is 2.37. The van der Waals surface area contributed by atoms with Gasteiger partial charge < -0.3 is 15.0 Å². The maximum absolute atomic E-state index is 13.5. The summed E-state index contributed by atoms with van der Waals surface area (Å²) >= 11 is 9.35. The molecule has 1 aromatic heterocycles. The average Bonchev–Trinajstić information content (AvgIpc) is 3.32. The number of aromatic nitrogens is 2. The molecule has 15 heteroatoms. The molecule has 0 amide bonds. The maximum atomic E-state index is 13.5. The molecule has 1 atom stereocenters. The first-order valence-electron chi connectivity index (χ1n) is 11.9. The number of alkyl halides is 3. The molecule has 39 heavy (non-hydrogen) atoms. The van der Waals surface area contributed by atoms with Crippen LogP contribution in [0.1, 0.15) is 24.5 Å². The van der Waals surface area contributed by atoms with Gasteiger partial charge >= 0.3 is 12.1 Å². The number of ether oxygens (including phenoxy) is 1. The fourth-order valence-corrected chi connectivity index (χ4v) is 6.55. The van der Waals surface area contributed by atoms with E-state index in [2.05, 4.69) is 31.0 Å². The summed E-state index contributed by atoms with van der Waals surface area (Å²) < 4.78 is 70.4. The highest BCUT2D eigenvalue weighted by molar-refractivity contribution is 9.10. The van der Waals surface area contributed by atoms with Gasteiger partial charge in [0.2, 0.25) is 0 Å². The molecule has 3 aromatic rings. The molecule has 0 spiro atoms.